The molecule has 230 valence electrons. The largest absolute Gasteiger partial charge is 0.507 e. The van der Waals surface area contributed by atoms with Crippen LogP contribution in [0.5, 0.6) is 5.75 Å². The van der Waals surface area contributed by atoms with Gasteiger partial charge in [-0.1, -0.05) is 38.1 Å². The molecule has 1 fully saturated rings. The monoisotopic (exact) mass is 601 g/mol. The predicted molar refractivity (Wildman–Crippen MR) is 167 cm³/mol. The average Bonchev–Trinajstić information content (AvgIpc) is 2.96. The van der Waals surface area contributed by atoms with E-state index in [-0.39, 0.29) is 22.7 Å². The Balaban J connectivity index is 1.66. The molecular weight excluding hydrogens is 564 g/mol. The number of amides is 1. The number of allylic oxidation sites excluding steroid dienone is 1. The van der Waals surface area contributed by atoms with E-state index in [1.807, 2.05) is 64.6 Å². The van der Waals surface area contributed by atoms with Crippen molar-refractivity contribution in [2.75, 3.05) is 31.1 Å². The molecule has 0 aromatic heterocycles. The van der Waals surface area contributed by atoms with Crippen molar-refractivity contribution < 1.29 is 28.2 Å². The number of rotatable bonds is 4. The molecule has 0 unspecified atom stereocenters. The summed E-state index contributed by atoms with van der Waals surface area (Å²) in [4.78, 5) is 30.7. The molecule has 3 aromatic carbocycles. The number of hydrogen-bond donors (Lipinski definition) is 1. The van der Waals surface area contributed by atoms with Crippen LogP contribution in [0.1, 0.15) is 57.2 Å². The first-order valence-corrected chi connectivity index (χ1v) is 14.7. The van der Waals surface area contributed by atoms with Gasteiger partial charge in [0.15, 0.2) is 5.94 Å². The number of ether oxygens (including phenoxy) is 1. The van der Waals surface area contributed by atoms with Crippen molar-refractivity contribution in [1.82, 2.24) is 9.80 Å². The molecule has 0 saturated carbocycles. The van der Waals surface area contributed by atoms with Crippen molar-refractivity contribution in [3.63, 3.8) is 0 Å². The number of phenolic OH excluding ortho intramolecular Hbond substituents is 1. The molecule has 1 amide bonds. The van der Waals surface area contributed by atoms with Crippen LogP contribution < -0.4 is 4.90 Å². The second kappa shape index (κ2) is 11.8. The lowest BCUT2D eigenvalue weighted by atomic mass is 9.91. The molecule has 44 heavy (non-hydrogen) atoms. The van der Waals surface area contributed by atoms with Gasteiger partial charge in [-0.15, -0.1) is 0 Å². The molecule has 0 radical (unpaired) electrons. The van der Waals surface area contributed by atoms with Crippen molar-refractivity contribution in [2.45, 2.75) is 53.1 Å². The Hall–Kier alpha value is -4.62. The van der Waals surface area contributed by atoms with E-state index in [0.29, 0.717) is 43.1 Å². The summed E-state index contributed by atoms with van der Waals surface area (Å²) in [6.07, 6.45) is 1.28. The maximum absolute atomic E-state index is 16.0. The summed E-state index contributed by atoms with van der Waals surface area (Å²) in [6.45, 7) is 13.0. The van der Waals surface area contributed by atoms with Gasteiger partial charge in [0.25, 0.3) is 0 Å². The molecule has 5 rings (SSSR count). The Morgan fingerprint density at radius 3 is 2.27 bits per heavy atom. The highest BCUT2D eigenvalue weighted by Crippen LogP contribution is 2.48. The Kier molecular flexibility index (Phi) is 8.28. The Labute approximate surface area is 256 Å². The van der Waals surface area contributed by atoms with E-state index in [2.05, 4.69) is 5.94 Å². The molecule has 3 aromatic rings. The van der Waals surface area contributed by atoms with Crippen LogP contribution in [-0.4, -0.2) is 58.7 Å². The van der Waals surface area contributed by atoms with Crippen molar-refractivity contribution in [3.8, 4) is 16.9 Å². The van der Waals surface area contributed by atoms with Gasteiger partial charge in [-0.3, -0.25) is 4.90 Å². The first kappa shape index (κ1) is 30.8. The van der Waals surface area contributed by atoms with Crippen LogP contribution >= 0.6 is 0 Å². The molecule has 0 aliphatic carbocycles. The van der Waals surface area contributed by atoms with Crippen LogP contribution in [-0.2, 0) is 9.53 Å². The third-order valence-corrected chi connectivity index (χ3v) is 7.87. The predicted octanol–water partition coefficient (Wildman–Crippen LogP) is 7.53. The van der Waals surface area contributed by atoms with Crippen molar-refractivity contribution in [3.05, 3.63) is 88.6 Å². The zero-order valence-corrected chi connectivity index (χ0v) is 25.9. The van der Waals surface area contributed by atoms with Crippen LogP contribution in [0.15, 0.2) is 60.3 Å². The van der Waals surface area contributed by atoms with Gasteiger partial charge >= 0.3 is 6.09 Å². The molecule has 0 spiro atoms. The molecule has 0 bridgehead atoms. The summed E-state index contributed by atoms with van der Waals surface area (Å²) in [6, 6.07) is 12.5. The molecule has 7 nitrogen and oxygen atoms in total. The topological polar surface area (TPSA) is 73.3 Å². The van der Waals surface area contributed by atoms with E-state index in [1.54, 1.807) is 15.9 Å². The fraction of sp³-hybridized carbons (Fsp3) is 0.343. The van der Waals surface area contributed by atoms with E-state index in [9.17, 15) is 14.7 Å². The lowest BCUT2D eigenvalue weighted by Crippen LogP contribution is -2.49. The minimum Gasteiger partial charge on any atom is -0.507 e. The molecule has 0 atom stereocenters. The fourth-order valence-electron chi connectivity index (χ4n) is 5.81. The summed E-state index contributed by atoms with van der Waals surface area (Å²) in [5, 5.41) is 10.6. The molecule has 2 aliphatic rings. The first-order valence-electron chi connectivity index (χ1n) is 14.7. The highest BCUT2D eigenvalue weighted by Gasteiger charge is 2.34. The first-order chi connectivity index (χ1) is 20.8. The van der Waals surface area contributed by atoms with Gasteiger partial charge in [0.05, 0.1) is 16.9 Å². The second-order valence-corrected chi connectivity index (χ2v) is 12.5. The zero-order valence-electron chi connectivity index (χ0n) is 25.9. The van der Waals surface area contributed by atoms with Crippen LogP contribution in [0.2, 0.25) is 0 Å². The zero-order chi connectivity index (χ0) is 31.9. The molecule has 9 heteroatoms. The van der Waals surface area contributed by atoms with E-state index in [1.165, 1.54) is 24.3 Å². The van der Waals surface area contributed by atoms with Gasteiger partial charge in [-0.25, -0.2) is 18.4 Å². The smallest absolute Gasteiger partial charge is 0.410 e. The number of aryl methyl sites for hydroxylation is 1. The maximum Gasteiger partial charge on any atom is 0.410 e. The standard InChI is InChI=1S/C35H37F2N3O4/c1-21(2)24-10-7-9-22(3)33(24)40-23(20-41)17-29(38-13-15-39(16-14-38)34(43)44-35(4,5)6)26-18-28(37)25(19-30(26)40)32-27(36)11-8-12-31(32)42/h7-12,17-19,21,42H,13-16H2,1-6H3. The number of benzene rings is 3. The number of aromatic hydroxyl groups is 1. The van der Waals surface area contributed by atoms with Crippen LogP contribution in [0.4, 0.5) is 25.0 Å². The van der Waals surface area contributed by atoms with E-state index < -0.39 is 29.1 Å². The van der Waals surface area contributed by atoms with Gasteiger partial charge in [-0.2, -0.15) is 0 Å². The summed E-state index contributed by atoms with van der Waals surface area (Å²) in [5.41, 5.74) is 3.31. The number of halogens is 2. The summed E-state index contributed by atoms with van der Waals surface area (Å²) in [5.74, 6) is 0.281. The van der Waals surface area contributed by atoms with Gasteiger partial charge < -0.3 is 19.6 Å². The number of para-hydroxylation sites is 1. The molecule has 1 saturated heterocycles. The molecule has 2 aliphatic heterocycles. The Morgan fingerprint density at radius 2 is 1.66 bits per heavy atom. The van der Waals surface area contributed by atoms with Crippen molar-refractivity contribution in [2.24, 2.45) is 0 Å². The molecule has 1 N–H and O–H groups in total. The molecule has 2 heterocycles. The maximum atomic E-state index is 16.0. The van der Waals surface area contributed by atoms with Crippen LogP contribution in [0, 0.1) is 18.6 Å². The van der Waals surface area contributed by atoms with E-state index in [0.717, 1.165) is 22.9 Å². The van der Waals surface area contributed by atoms with Gasteiger partial charge in [0.2, 0.25) is 0 Å². The number of fused-ring (bicyclic) bond motifs is 1. The number of anilines is 2. The summed E-state index contributed by atoms with van der Waals surface area (Å²) in [7, 11) is 0. The summed E-state index contributed by atoms with van der Waals surface area (Å²) < 4.78 is 36.6. The van der Waals surface area contributed by atoms with E-state index >= 15 is 8.78 Å². The Morgan fingerprint density at radius 1 is 0.977 bits per heavy atom. The average molecular weight is 602 g/mol. The van der Waals surface area contributed by atoms with Crippen molar-refractivity contribution >= 4 is 29.1 Å². The third-order valence-electron chi connectivity index (χ3n) is 7.87. The van der Waals surface area contributed by atoms with Gasteiger partial charge in [0.1, 0.15) is 28.7 Å². The SMILES string of the molecule is Cc1cccc(C(C)C)c1N1C(=C=O)C=C(N2CCN(C(=O)OC(C)(C)C)CC2)c2cc(F)c(-c3c(O)cccc3F)cc21. The second-order valence-electron chi connectivity index (χ2n) is 12.5. The highest BCUT2D eigenvalue weighted by atomic mass is 19.1. The number of carbonyl (C=O) groups excluding carboxylic acids is 2. The lowest BCUT2D eigenvalue weighted by Gasteiger charge is -2.41. The quantitative estimate of drug-likeness (QED) is 0.312. The van der Waals surface area contributed by atoms with Crippen molar-refractivity contribution in [1.29, 1.82) is 0 Å². The van der Waals surface area contributed by atoms with Crippen LogP contribution in [0.3, 0.4) is 0 Å². The molecular formula is C35H37F2N3O4. The number of hydrogen-bond acceptors (Lipinski definition) is 6. The number of piperazine rings is 1. The lowest BCUT2D eigenvalue weighted by molar-refractivity contribution is 0.0182. The number of phenols is 1. The minimum absolute atomic E-state index is 0.0862. The number of carbonyl (C=O) groups is 1. The van der Waals surface area contributed by atoms with Gasteiger partial charge in [-0.05, 0) is 75.1 Å². The van der Waals surface area contributed by atoms with Gasteiger partial charge in [0, 0.05) is 43.0 Å². The number of nitrogens with zero attached hydrogens (tertiary/aromatic N) is 3. The third kappa shape index (κ3) is 5.80. The van der Waals surface area contributed by atoms with Crippen LogP contribution in [0.25, 0.3) is 16.8 Å². The minimum atomic E-state index is -0.773. The highest BCUT2D eigenvalue weighted by molar-refractivity contribution is 5.95. The summed E-state index contributed by atoms with van der Waals surface area (Å²) >= 11 is 0. The fourth-order valence-corrected chi connectivity index (χ4v) is 5.81. The normalized spacial score (nSPS) is 15.2. The van der Waals surface area contributed by atoms with E-state index in [4.69, 9.17) is 4.74 Å². The Bertz CT molecular complexity index is 1670.